The number of ether oxygens (including phenoxy) is 1. The summed E-state index contributed by atoms with van der Waals surface area (Å²) < 4.78 is 5.35. The lowest BCUT2D eigenvalue weighted by Gasteiger charge is -2.11. The van der Waals surface area contributed by atoms with Gasteiger partial charge in [-0.25, -0.2) is 0 Å². The van der Waals surface area contributed by atoms with Gasteiger partial charge in [0.2, 0.25) is 0 Å². The number of phenolic OH excluding ortho intramolecular Hbond substituents is 2. The molecule has 0 amide bonds. The molecule has 0 bridgehead atoms. The molecular formula is C16H19NO3. The summed E-state index contributed by atoms with van der Waals surface area (Å²) in [7, 11) is 0. The van der Waals surface area contributed by atoms with Crippen LogP contribution in [-0.4, -0.2) is 16.8 Å². The van der Waals surface area contributed by atoms with Gasteiger partial charge in [0.1, 0.15) is 5.75 Å². The van der Waals surface area contributed by atoms with Crippen molar-refractivity contribution >= 4 is 5.69 Å². The first kappa shape index (κ1) is 14.1. The highest BCUT2D eigenvalue weighted by Crippen LogP contribution is 2.27. The lowest BCUT2D eigenvalue weighted by molar-refractivity contribution is 0.318. The Morgan fingerprint density at radius 1 is 1.05 bits per heavy atom. The summed E-state index contributed by atoms with van der Waals surface area (Å²) in [5.74, 6) is 0.901. The van der Waals surface area contributed by atoms with Crippen molar-refractivity contribution in [2.75, 3.05) is 11.9 Å². The fraction of sp³-hybridized carbons (Fsp3) is 0.250. The van der Waals surface area contributed by atoms with Crippen LogP contribution in [0.5, 0.6) is 17.2 Å². The SMILES string of the molecule is CCOc1cc(CNc2ccc(C)c(O)c2)ccc1O. The van der Waals surface area contributed by atoms with Crippen LogP contribution in [0.1, 0.15) is 18.1 Å². The molecule has 3 N–H and O–H groups in total. The maximum Gasteiger partial charge on any atom is 0.161 e. The number of nitrogens with one attached hydrogen (secondary N) is 1. The molecule has 0 saturated heterocycles. The van der Waals surface area contributed by atoms with Crippen molar-refractivity contribution in [1.82, 2.24) is 0 Å². The minimum Gasteiger partial charge on any atom is -0.508 e. The zero-order chi connectivity index (χ0) is 14.5. The summed E-state index contributed by atoms with van der Waals surface area (Å²) in [6, 6.07) is 10.7. The summed E-state index contributed by atoms with van der Waals surface area (Å²) in [6.45, 7) is 4.83. The van der Waals surface area contributed by atoms with E-state index in [1.807, 2.05) is 32.0 Å². The average molecular weight is 273 g/mol. The Kier molecular flexibility index (Phi) is 4.35. The predicted molar refractivity (Wildman–Crippen MR) is 79.4 cm³/mol. The Balaban J connectivity index is 2.06. The number of rotatable bonds is 5. The zero-order valence-corrected chi connectivity index (χ0v) is 11.7. The third-order valence-electron chi connectivity index (χ3n) is 3.03. The monoisotopic (exact) mass is 273 g/mol. The fourth-order valence-corrected chi connectivity index (χ4v) is 1.86. The molecule has 20 heavy (non-hydrogen) atoms. The third-order valence-corrected chi connectivity index (χ3v) is 3.03. The number of hydrogen-bond donors (Lipinski definition) is 3. The molecule has 2 rings (SSSR count). The average Bonchev–Trinajstić information content (AvgIpc) is 2.43. The van der Waals surface area contributed by atoms with Crippen LogP contribution in [0.25, 0.3) is 0 Å². The molecule has 0 aliphatic carbocycles. The number of aryl methyl sites for hydroxylation is 1. The second-order valence-corrected chi connectivity index (χ2v) is 4.59. The van der Waals surface area contributed by atoms with Gasteiger partial charge < -0.3 is 20.3 Å². The van der Waals surface area contributed by atoms with Gasteiger partial charge in [0.05, 0.1) is 6.61 Å². The Hall–Kier alpha value is -2.36. The molecule has 0 atom stereocenters. The van der Waals surface area contributed by atoms with Crippen LogP contribution in [0.2, 0.25) is 0 Å². The molecule has 0 radical (unpaired) electrons. The highest BCUT2D eigenvalue weighted by atomic mass is 16.5. The predicted octanol–water partition coefficient (Wildman–Crippen LogP) is 3.42. The number of phenols is 2. The largest absolute Gasteiger partial charge is 0.508 e. The van der Waals surface area contributed by atoms with Crippen LogP contribution in [0.3, 0.4) is 0 Å². The zero-order valence-electron chi connectivity index (χ0n) is 11.7. The van der Waals surface area contributed by atoms with Crippen LogP contribution in [-0.2, 0) is 6.54 Å². The molecule has 0 spiro atoms. The first-order valence-corrected chi connectivity index (χ1v) is 6.58. The number of hydrogen-bond acceptors (Lipinski definition) is 4. The highest BCUT2D eigenvalue weighted by molar-refractivity contribution is 5.51. The summed E-state index contributed by atoms with van der Waals surface area (Å²) in [6.07, 6.45) is 0. The van der Waals surface area contributed by atoms with Crippen molar-refractivity contribution in [2.45, 2.75) is 20.4 Å². The Morgan fingerprint density at radius 2 is 1.85 bits per heavy atom. The quantitative estimate of drug-likeness (QED) is 0.781. The van der Waals surface area contributed by atoms with Gasteiger partial charge in [-0.1, -0.05) is 12.1 Å². The summed E-state index contributed by atoms with van der Waals surface area (Å²) in [5, 5.41) is 22.5. The van der Waals surface area contributed by atoms with E-state index in [0.29, 0.717) is 18.9 Å². The highest BCUT2D eigenvalue weighted by Gasteiger charge is 2.04. The lowest BCUT2D eigenvalue weighted by atomic mass is 10.1. The van der Waals surface area contributed by atoms with Gasteiger partial charge in [0, 0.05) is 18.3 Å². The molecule has 2 aromatic rings. The molecular weight excluding hydrogens is 254 g/mol. The first-order chi connectivity index (χ1) is 9.60. The van der Waals surface area contributed by atoms with Crippen LogP contribution in [0.4, 0.5) is 5.69 Å². The molecule has 0 heterocycles. The second kappa shape index (κ2) is 6.19. The van der Waals surface area contributed by atoms with E-state index in [0.717, 1.165) is 16.8 Å². The molecule has 2 aromatic carbocycles. The Labute approximate surface area is 118 Å². The van der Waals surface area contributed by atoms with E-state index in [9.17, 15) is 10.2 Å². The molecule has 4 nitrogen and oxygen atoms in total. The third kappa shape index (κ3) is 3.35. The van der Waals surface area contributed by atoms with Crippen molar-refractivity contribution in [2.24, 2.45) is 0 Å². The first-order valence-electron chi connectivity index (χ1n) is 6.58. The number of anilines is 1. The summed E-state index contributed by atoms with van der Waals surface area (Å²) in [5.41, 5.74) is 2.68. The van der Waals surface area contributed by atoms with E-state index in [4.69, 9.17) is 4.74 Å². The summed E-state index contributed by atoms with van der Waals surface area (Å²) >= 11 is 0. The second-order valence-electron chi connectivity index (χ2n) is 4.59. The Morgan fingerprint density at radius 3 is 2.55 bits per heavy atom. The maximum atomic E-state index is 9.65. The molecule has 0 saturated carbocycles. The molecule has 0 unspecified atom stereocenters. The van der Waals surface area contributed by atoms with Crippen LogP contribution in [0.15, 0.2) is 36.4 Å². The summed E-state index contributed by atoms with van der Waals surface area (Å²) in [4.78, 5) is 0. The van der Waals surface area contributed by atoms with Gasteiger partial charge in [-0.05, 0) is 43.2 Å². The molecule has 106 valence electrons. The van der Waals surface area contributed by atoms with Gasteiger partial charge >= 0.3 is 0 Å². The minimum absolute atomic E-state index is 0.142. The van der Waals surface area contributed by atoms with Crippen molar-refractivity contribution in [1.29, 1.82) is 0 Å². The van der Waals surface area contributed by atoms with E-state index >= 15 is 0 Å². The molecule has 0 fully saturated rings. The van der Waals surface area contributed by atoms with Crippen LogP contribution >= 0.6 is 0 Å². The molecule has 0 aliphatic rings. The molecule has 0 aromatic heterocycles. The number of benzene rings is 2. The lowest BCUT2D eigenvalue weighted by Crippen LogP contribution is -2.00. The van der Waals surface area contributed by atoms with E-state index in [1.165, 1.54) is 0 Å². The van der Waals surface area contributed by atoms with E-state index in [1.54, 1.807) is 18.2 Å². The van der Waals surface area contributed by atoms with Gasteiger partial charge in [0.25, 0.3) is 0 Å². The van der Waals surface area contributed by atoms with Crippen molar-refractivity contribution < 1.29 is 14.9 Å². The van der Waals surface area contributed by atoms with Crippen molar-refractivity contribution in [3.05, 3.63) is 47.5 Å². The van der Waals surface area contributed by atoms with Gasteiger partial charge in [-0.15, -0.1) is 0 Å². The van der Waals surface area contributed by atoms with Gasteiger partial charge in [-0.3, -0.25) is 0 Å². The fourth-order valence-electron chi connectivity index (χ4n) is 1.86. The molecule has 4 heteroatoms. The van der Waals surface area contributed by atoms with E-state index < -0.39 is 0 Å². The minimum atomic E-state index is 0.142. The van der Waals surface area contributed by atoms with Crippen molar-refractivity contribution in [3.63, 3.8) is 0 Å². The smallest absolute Gasteiger partial charge is 0.161 e. The van der Waals surface area contributed by atoms with Crippen LogP contribution < -0.4 is 10.1 Å². The maximum absolute atomic E-state index is 9.65. The molecule has 0 aliphatic heterocycles. The topological polar surface area (TPSA) is 61.7 Å². The van der Waals surface area contributed by atoms with E-state index in [2.05, 4.69) is 5.32 Å². The Bertz CT molecular complexity index is 596. The van der Waals surface area contributed by atoms with Crippen molar-refractivity contribution in [3.8, 4) is 17.2 Å². The van der Waals surface area contributed by atoms with Crippen LogP contribution in [0, 0.1) is 6.92 Å². The normalized spacial score (nSPS) is 10.3. The van der Waals surface area contributed by atoms with Gasteiger partial charge in [-0.2, -0.15) is 0 Å². The van der Waals surface area contributed by atoms with E-state index in [-0.39, 0.29) is 11.5 Å². The standard InChI is InChI=1S/C16H19NO3/c1-3-20-16-8-12(5-7-14(16)18)10-17-13-6-4-11(2)15(19)9-13/h4-9,17-19H,3,10H2,1-2H3. The number of aromatic hydroxyl groups is 2. The van der Waals surface area contributed by atoms with Gasteiger partial charge in [0.15, 0.2) is 11.5 Å².